The number of nitrogens with one attached hydrogen (secondary N) is 1. The number of rotatable bonds is 3. The number of hydrogen-bond donors (Lipinski definition) is 1. The first-order valence-electron chi connectivity index (χ1n) is 6.71. The molecule has 1 aromatic heterocycles. The van der Waals surface area contributed by atoms with Crippen LogP contribution in [0.3, 0.4) is 0 Å². The van der Waals surface area contributed by atoms with Crippen molar-refractivity contribution in [3.63, 3.8) is 0 Å². The van der Waals surface area contributed by atoms with Crippen molar-refractivity contribution >= 4 is 12.0 Å². The fourth-order valence-electron chi connectivity index (χ4n) is 3.11. The van der Waals surface area contributed by atoms with Crippen LogP contribution >= 0.6 is 0 Å². The molecule has 4 nitrogen and oxygen atoms in total. The average Bonchev–Trinajstić information content (AvgIpc) is 3.08. The van der Waals surface area contributed by atoms with E-state index in [9.17, 15) is 9.18 Å². The lowest BCUT2D eigenvalue weighted by Gasteiger charge is -2.18. The molecular formula is C14H18FN3O. The van der Waals surface area contributed by atoms with Gasteiger partial charge < -0.3 is 5.32 Å². The molecule has 0 bridgehead atoms. The van der Waals surface area contributed by atoms with Gasteiger partial charge >= 0.3 is 0 Å². The van der Waals surface area contributed by atoms with Crippen LogP contribution < -0.4 is 5.32 Å². The van der Waals surface area contributed by atoms with Crippen LogP contribution in [0.15, 0.2) is 6.08 Å². The van der Waals surface area contributed by atoms with Gasteiger partial charge in [-0.05, 0) is 36.7 Å². The molecule has 1 heterocycles. The van der Waals surface area contributed by atoms with Crippen LogP contribution in [0.2, 0.25) is 0 Å². The minimum Gasteiger partial charge on any atom is -0.356 e. The third-order valence-electron chi connectivity index (χ3n) is 4.18. The van der Waals surface area contributed by atoms with Crippen LogP contribution in [0, 0.1) is 17.8 Å². The molecule has 1 fully saturated rings. The average molecular weight is 263 g/mol. The SMILES string of the molecule is CC(=O)NC[C@@H]1C[C@H]1C1CC=Cc2nn(C)c(F)c21. The molecule has 3 rings (SSSR count). The van der Waals surface area contributed by atoms with Gasteiger partial charge in [0.25, 0.3) is 0 Å². The summed E-state index contributed by atoms with van der Waals surface area (Å²) in [5, 5.41) is 7.04. The topological polar surface area (TPSA) is 46.9 Å². The number of nitrogens with zero attached hydrogens (tertiary/aromatic N) is 2. The van der Waals surface area contributed by atoms with Gasteiger partial charge in [0.15, 0.2) is 0 Å². The second-order valence-electron chi connectivity index (χ2n) is 5.55. The Balaban J connectivity index is 1.75. The molecule has 102 valence electrons. The number of aryl methyl sites for hydroxylation is 1. The summed E-state index contributed by atoms with van der Waals surface area (Å²) in [4.78, 5) is 10.9. The minimum atomic E-state index is -0.213. The van der Waals surface area contributed by atoms with E-state index in [2.05, 4.69) is 16.5 Å². The van der Waals surface area contributed by atoms with Crippen molar-refractivity contribution in [2.75, 3.05) is 6.54 Å². The molecule has 0 spiro atoms. The fourth-order valence-corrected chi connectivity index (χ4v) is 3.11. The van der Waals surface area contributed by atoms with Gasteiger partial charge in [0, 0.05) is 26.1 Å². The second kappa shape index (κ2) is 4.47. The van der Waals surface area contributed by atoms with Crippen LogP contribution in [0.5, 0.6) is 0 Å². The minimum absolute atomic E-state index is 0.00226. The molecule has 3 atom stereocenters. The summed E-state index contributed by atoms with van der Waals surface area (Å²) >= 11 is 0. The van der Waals surface area contributed by atoms with E-state index in [0.717, 1.165) is 24.1 Å². The Morgan fingerprint density at radius 1 is 1.63 bits per heavy atom. The van der Waals surface area contributed by atoms with Gasteiger partial charge in [0.2, 0.25) is 11.9 Å². The third kappa shape index (κ3) is 2.17. The molecular weight excluding hydrogens is 245 g/mol. The Labute approximate surface area is 111 Å². The monoisotopic (exact) mass is 263 g/mol. The Bertz CT molecular complexity index is 549. The van der Waals surface area contributed by atoms with Crippen molar-refractivity contribution in [3.8, 4) is 0 Å². The smallest absolute Gasteiger partial charge is 0.216 e. The molecule has 0 aromatic carbocycles. The number of allylic oxidation sites excluding steroid dienone is 1. The first-order valence-corrected chi connectivity index (χ1v) is 6.71. The highest BCUT2D eigenvalue weighted by Crippen LogP contribution is 2.52. The van der Waals surface area contributed by atoms with Crippen LogP contribution in [-0.2, 0) is 11.8 Å². The van der Waals surface area contributed by atoms with E-state index in [1.54, 1.807) is 7.05 Å². The molecule has 0 saturated heterocycles. The number of fused-ring (bicyclic) bond motifs is 1. The molecule has 1 amide bonds. The third-order valence-corrected chi connectivity index (χ3v) is 4.18. The lowest BCUT2D eigenvalue weighted by Crippen LogP contribution is -2.23. The summed E-state index contributed by atoms with van der Waals surface area (Å²) in [5.74, 6) is 0.950. The van der Waals surface area contributed by atoms with E-state index in [-0.39, 0.29) is 17.8 Å². The summed E-state index contributed by atoms with van der Waals surface area (Å²) in [6.07, 6.45) is 5.91. The zero-order chi connectivity index (χ0) is 13.6. The van der Waals surface area contributed by atoms with Gasteiger partial charge in [-0.15, -0.1) is 0 Å². The van der Waals surface area contributed by atoms with Crippen LogP contribution in [0.25, 0.3) is 6.08 Å². The number of carbonyl (C=O) groups is 1. The van der Waals surface area contributed by atoms with Gasteiger partial charge in [-0.1, -0.05) is 6.08 Å². The maximum absolute atomic E-state index is 14.1. The molecule has 2 aliphatic rings. The molecule has 0 radical (unpaired) electrons. The van der Waals surface area contributed by atoms with E-state index >= 15 is 0 Å². The zero-order valence-corrected chi connectivity index (χ0v) is 11.2. The van der Waals surface area contributed by atoms with Crippen LogP contribution in [-0.4, -0.2) is 22.2 Å². The largest absolute Gasteiger partial charge is 0.356 e. The van der Waals surface area contributed by atoms with E-state index in [1.807, 2.05) is 6.08 Å². The number of hydrogen-bond acceptors (Lipinski definition) is 2. The predicted molar refractivity (Wildman–Crippen MR) is 69.8 cm³/mol. The van der Waals surface area contributed by atoms with Gasteiger partial charge in [-0.25, -0.2) is 4.68 Å². The highest BCUT2D eigenvalue weighted by molar-refractivity contribution is 5.72. The zero-order valence-electron chi connectivity index (χ0n) is 11.2. The van der Waals surface area contributed by atoms with Gasteiger partial charge in [-0.2, -0.15) is 9.49 Å². The van der Waals surface area contributed by atoms with Crippen molar-refractivity contribution in [2.45, 2.75) is 25.7 Å². The molecule has 5 heteroatoms. The first-order chi connectivity index (χ1) is 9.08. The van der Waals surface area contributed by atoms with Crippen LogP contribution in [0.1, 0.15) is 36.9 Å². The standard InChI is InChI=1S/C14H18FN3O/c1-8(19)16-7-9-6-11(9)10-4-3-5-12-13(10)14(15)18(2)17-12/h3,5,9-11H,4,6-7H2,1-2H3,(H,16,19)/t9-,10?,11+/m0/s1. The van der Waals surface area contributed by atoms with Gasteiger partial charge in [0.05, 0.1) is 5.69 Å². The number of halogens is 1. The lowest BCUT2D eigenvalue weighted by atomic mass is 9.86. The van der Waals surface area contributed by atoms with E-state index < -0.39 is 0 Å². The van der Waals surface area contributed by atoms with E-state index in [1.165, 1.54) is 11.6 Å². The van der Waals surface area contributed by atoms with Crippen molar-refractivity contribution in [1.82, 2.24) is 15.1 Å². The predicted octanol–water partition coefficient (Wildman–Crippen LogP) is 1.83. The Morgan fingerprint density at radius 2 is 2.42 bits per heavy atom. The first kappa shape index (κ1) is 12.4. The second-order valence-corrected chi connectivity index (χ2v) is 5.55. The molecule has 1 saturated carbocycles. The maximum atomic E-state index is 14.1. The summed E-state index contributed by atoms with van der Waals surface area (Å²) in [7, 11) is 1.64. The van der Waals surface area contributed by atoms with Crippen molar-refractivity contribution < 1.29 is 9.18 Å². The van der Waals surface area contributed by atoms with Crippen molar-refractivity contribution in [1.29, 1.82) is 0 Å². The van der Waals surface area contributed by atoms with Crippen molar-refractivity contribution in [2.24, 2.45) is 18.9 Å². The summed E-state index contributed by atoms with van der Waals surface area (Å²) in [6, 6.07) is 0. The number of amides is 1. The Morgan fingerprint density at radius 3 is 3.16 bits per heavy atom. The summed E-state index contributed by atoms with van der Waals surface area (Å²) < 4.78 is 15.4. The van der Waals surface area contributed by atoms with Crippen LogP contribution in [0.4, 0.5) is 4.39 Å². The van der Waals surface area contributed by atoms with Crippen molar-refractivity contribution in [3.05, 3.63) is 23.3 Å². The number of aromatic nitrogens is 2. The molecule has 19 heavy (non-hydrogen) atoms. The fraction of sp³-hybridized carbons (Fsp3) is 0.571. The molecule has 0 aliphatic heterocycles. The maximum Gasteiger partial charge on any atom is 0.216 e. The quantitative estimate of drug-likeness (QED) is 0.904. The summed E-state index contributed by atoms with van der Waals surface area (Å²) in [6.45, 7) is 2.23. The number of carbonyl (C=O) groups excluding carboxylic acids is 1. The lowest BCUT2D eigenvalue weighted by molar-refractivity contribution is -0.119. The molecule has 1 unspecified atom stereocenters. The normalized spacial score (nSPS) is 28.1. The molecule has 1 N–H and O–H groups in total. The highest BCUT2D eigenvalue weighted by atomic mass is 19.1. The van der Waals surface area contributed by atoms with Gasteiger partial charge in [0.1, 0.15) is 0 Å². The Hall–Kier alpha value is -1.65. The van der Waals surface area contributed by atoms with Gasteiger partial charge in [-0.3, -0.25) is 4.79 Å². The van der Waals surface area contributed by atoms with E-state index in [0.29, 0.717) is 18.4 Å². The summed E-state index contributed by atoms with van der Waals surface area (Å²) in [5.41, 5.74) is 1.53. The molecule has 1 aromatic rings. The highest BCUT2D eigenvalue weighted by Gasteiger charge is 2.45. The molecule has 2 aliphatic carbocycles. The Kier molecular flexibility index (Phi) is 2.92. The van der Waals surface area contributed by atoms with E-state index in [4.69, 9.17) is 0 Å².